The maximum atomic E-state index is 11.4. The van der Waals surface area contributed by atoms with Gasteiger partial charge in [0.25, 0.3) is 0 Å². The van der Waals surface area contributed by atoms with Gasteiger partial charge < -0.3 is 9.84 Å². The van der Waals surface area contributed by atoms with Crippen molar-refractivity contribution in [3.05, 3.63) is 47.3 Å². The van der Waals surface area contributed by atoms with Gasteiger partial charge in [0.2, 0.25) is 0 Å². The van der Waals surface area contributed by atoms with Gasteiger partial charge in [-0.05, 0) is 37.1 Å². The Balaban J connectivity index is 2.00. The summed E-state index contributed by atoms with van der Waals surface area (Å²) in [5.41, 5.74) is 2.15. The van der Waals surface area contributed by atoms with E-state index in [4.69, 9.17) is 0 Å². The number of hydrogen-bond acceptors (Lipinski definition) is 4. The minimum absolute atomic E-state index is 0.245. The lowest BCUT2D eigenvalue weighted by molar-refractivity contribution is 0.0600. The number of nitrogens with zero attached hydrogens (tertiary/aromatic N) is 2. The molecule has 0 spiro atoms. The quantitative estimate of drug-likeness (QED) is 0.872. The number of carboxylic acid groups (broad SMARTS) is 1. The van der Waals surface area contributed by atoms with Crippen molar-refractivity contribution in [1.29, 1.82) is 0 Å². The molecule has 1 saturated carbocycles. The number of benzene rings is 1. The lowest BCUT2D eigenvalue weighted by Gasteiger charge is -2.08. The van der Waals surface area contributed by atoms with E-state index in [1.54, 1.807) is 28.9 Å². The van der Waals surface area contributed by atoms with E-state index < -0.39 is 11.9 Å². The topological polar surface area (TPSA) is 81.4 Å². The first-order valence-electron chi connectivity index (χ1n) is 6.61. The molecule has 108 valence electrons. The molecule has 0 atom stereocenters. The molecule has 1 aromatic heterocycles. The summed E-state index contributed by atoms with van der Waals surface area (Å²) < 4.78 is 6.29. The van der Waals surface area contributed by atoms with Crippen molar-refractivity contribution >= 4 is 11.9 Å². The average molecular weight is 286 g/mol. The highest BCUT2D eigenvalue weighted by Crippen LogP contribution is 2.42. The second-order valence-corrected chi connectivity index (χ2v) is 4.97. The number of carboxylic acids is 1. The van der Waals surface area contributed by atoms with Gasteiger partial charge in [-0.25, -0.2) is 14.3 Å². The number of rotatable bonds is 4. The number of aromatic carboxylic acids is 1. The maximum absolute atomic E-state index is 11.4. The van der Waals surface area contributed by atoms with Crippen molar-refractivity contribution in [3.63, 3.8) is 0 Å². The highest BCUT2D eigenvalue weighted by atomic mass is 16.5. The Kier molecular flexibility index (Phi) is 3.21. The molecule has 0 amide bonds. The fourth-order valence-corrected chi connectivity index (χ4v) is 2.33. The molecule has 6 heteroatoms. The van der Waals surface area contributed by atoms with E-state index in [1.165, 1.54) is 13.3 Å². The molecule has 21 heavy (non-hydrogen) atoms. The van der Waals surface area contributed by atoms with Gasteiger partial charge in [-0.3, -0.25) is 0 Å². The molecule has 0 unspecified atom stereocenters. The molecule has 0 aliphatic heterocycles. The number of carbonyl (C=O) groups is 2. The minimum atomic E-state index is -0.964. The molecule has 1 N–H and O–H groups in total. The Morgan fingerprint density at radius 2 is 1.95 bits per heavy atom. The fourth-order valence-electron chi connectivity index (χ4n) is 2.33. The van der Waals surface area contributed by atoms with Crippen LogP contribution in [-0.2, 0) is 4.74 Å². The monoisotopic (exact) mass is 286 g/mol. The molecule has 0 radical (unpaired) electrons. The fraction of sp³-hybridized carbons (Fsp3) is 0.267. The summed E-state index contributed by atoms with van der Waals surface area (Å²) in [6, 6.07) is 6.74. The SMILES string of the molecule is COC(=O)c1ccc(-n2ncc(C(=O)O)c2C2CC2)cc1. The molecule has 1 aliphatic carbocycles. The zero-order chi connectivity index (χ0) is 15.0. The Morgan fingerprint density at radius 1 is 1.29 bits per heavy atom. The highest BCUT2D eigenvalue weighted by molar-refractivity contribution is 5.90. The van der Waals surface area contributed by atoms with E-state index in [2.05, 4.69) is 9.84 Å². The van der Waals surface area contributed by atoms with Crippen LogP contribution in [0.1, 0.15) is 45.2 Å². The summed E-state index contributed by atoms with van der Waals surface area (Å²) in [5, 5.41) is 13.4. The Morgan fingerprint density at radius 3 is 2.48 bits per heavy atom. The Bertz CT molecular complexity index is 699. The summed E-state index contributed by atoms with van der Waals surface area (Å²) in [5.74, 6) is -1.12. The van der Waals surface area contributed by atoms with Crippen LogP contribution in [0, 0.1) is 0 Å². The number of methoxy groups -OCH3 is 1. The van der Waals surface area contributed by atoms with E-state index in [1.807, 2.05) is 0 Å². The molecular formula is C15H14N2O4. The number of carbonyl (C=O) groups excluding carboxylic acids is 1. The number of aromatic nitrogens is 2. The zero-order valence-electron chi connectivity index (χ0n) is 11.4. The normalized spacial score (nSPS) is 14.0. The minimum Gasteiger partial charge on any atom is -0.478 e. The van der Waals surface area contributed by atoms with Crippen molar-refractivity contribution in [2.45, 2.75) is 18.8 Å². The van der Waals surface area contributed by atoms with Gasteiger partial charge >= 0.3 is 11.9 Å². The predicted octanol–water partition coefficient (Wildman–Crippen LogP) is 2.23. The van der Waals surface area contributed by atoms with Gasteiger partial charge in [-0.15, -0.1) is 0 Å². The molecule has 0 saturated heterocycles. The lowest BCUT2D eigenvalue weighted by atomic mass is 10.1. The van der Waals surface area contributed by atoms with E-state index in [0.29, 0.717) is 5.56 Å². The van der Waals surface area contributed by atoms with Crippen LogP contribution in [0.2, 0.25) is 0 Å². The first kappa shape index (κ1) is 13.4. The Hall–Kier alpha value is -2.63. The van der Waals surface area contributed by atoms with Crippen molar-refractivity contribution < 1.29 is 19.4 Å². The third-order valence-corrected chi connectivity index (χ3v) is 3.53. The zero-order valence-corrected chi connectivity index (χ0v) is 11.4. The van der Waals surface area contributed by atoms with Crippen LogP contribution in [-0.4, -0.2) is 33.9 Å². The van der Waals surface area contributed by atoms with E-state index in [-0.39, 0.29) is 11.5 Å². The molecule has 2 aromatic rings. The maximum Gasteiger partial charge on any atom is 0.339 e. The third-order valence-electron chi connectivity index (χ3n) is 3.53. The van der Waals surface area contributed by atoms with Crippen LogP contribution in [0.15, 0.2) is 30.5 Å². The van der Waals surface area contributed by atoms with Crippen molar-refractivity contribution in [2.75, 3.05) is 7.11 Å². The van der Waals surface area contributed by atoms with Gasteiger partial charge in [0, 0.05) is 5.92 Å². The molecule has 0 bridgehead atoms. The first-order chi connectivity index (χ1) is 10.1. The summed E-state index contributed by atoms with van der Waals surface area (Å²) in [6.45, 7) is 0. The standard InChI is InChI=1S/C15H14N2O4/c1-21-15(20)10-4-6-11(7-5-10)17-13(9-2-3-9)12(8-16-17)14(18)19/h4-9H,2-3H2,1H3,(H,18,19). The smallest absolute Gasteiger partial charge is 0.339 e. The first-order valence-corrected chi connectivity index (χ1v) is 6.61. The second kappa shape index (κ2) is 5.05. The molecule has 3 rings (SSSR count). The van der Waals surface area contributed by atoms with Crippen LogP contribution in [0.25, 0.3) is 5.69 Å². The number of ether oxygens (including phenoxy) is 1. The van der Waals surface area contributed by atoms with Crippen LogP contribution >= 0.6 is 0 Å². The molecule has 1 aliphatic rings. The Labute approximate surface area is 121 Å². The van der Waals surface area contributed by atoms with Gasteiger partial charge in [0.1, 0.15) is 5.56 Å². The summed E-state index contributed by atoms with van der Waals surface area (Å²) in [7, 11) is 1.33. The van der Waals surface area contributed by atoms with Crippen molar-refractivity contribution in [1.82, 2.24) is 9.78 Å². The number of esters is 1. The highest BCUT2D eigenvalue weighted by Gasteiger charge is 2.32. The van der Waals surface area contributed by atoms with E-state index in [9.17, 15) is 14.7 Å². The van der Waals surface area contributed by atoms with Gasteiger partial charge in [0.15, 0.2) is 0 Å². The molecule has 6 nitrogen and oxygen atoms in total. The van der Waals surface area contributed by atoms with Crippen LogP contribution in [0.4, 0.5) is 0 Å². The van der Waals surface area contributed by atoms with Gasteiger partial charge in [-0.2, -0.15) is 5.10 Å². The average Bonchev–Trinajstić information content (AvgIpc) is 3.24. The molecule has 1 fully saturated rings. The van der Waals surface area contributed by atoms with Crippen LogP contribution < -0.4 is 0 Å². The predicted molar refractivity (Wildman–Crippen MR) is 73.8 cm³/mol. The van der Waals surface area contributed by atoms with Crippen LogP contribution in [0.5, 0.6) is 0 Å². The van der Waals surface area contributed by atoms with Gasteiger partial charge in [-0.1, -0.05) is 0 Å². The number of hydrogen-bond donors (Lipinski definition) is 1. The second-order valence-electron chi connectivity index (χ2n) is 4.97. The summed E-state index contributed by atoms with van der Waals surface area (Å²) in [4.78, 5) is 22.7. The molecular weight excluding hydrogens is 272 g/mol. The summed E-state index contributed by atoms with van der Waals surface area (Å²) in [6.07, 6.45) is 3.34. The van der Waals surface area contributed by atoms with Crippen molar-refractivity contribution in [3.8, 4) is 5.69 Å². The summed E-state index contributed by atoms with van der Waals surface area (Å²) >= 11 is 0. The molecule has 1 aromatic carbocycles. The van der Waals surface area contributed by atoms with Crippen molar-refractivity contribution in [2.24, 2.45) is 0 Å². The third kappa shape index (κ3) is 2.40. The molecule has 1 heterocycles. The lowest BCUT2D eigenvalue weighted by Crippen LogP contribution is -2.06. The van der Waals surface area contributed by atoms with E-state index >= 15 is 0 Å². The van der Waals surface area contributed by atoms with Gasteiger partial charge in [0.05, 0.1) is 30.3 Å². The van der Waals surface area contributed by atoms with Crippen LogP contribution in [0.3, 0.4) is 0 Å². The van der Waals surface area contributed by atoms with E-state index in [0.717, 1.165) is 24.2 Å². The largest absolute Gasteiger partial charge is 0.478 e.